The van der Waals surface area contributed by atoms with Gasteiger partial charge in [0.25, 0.3) is 0 Å². The lowest BCUT2D eigenvalue weighted by Crippen LogP contribution is -2.32. The lowest BCUT2D eigenvalue weighted by Gasteiger charge is -2.19. The van der Waals surface area contributed by atoms with Gasteiger partial charge in [0.2, 0.25) is 5.91 Å². The number of hydrogen-bond donors (Lipinski definition) is 1. The zero-order valence-corrected chi connectivity index (χ0v) is 11.4. The number of rotatable bonds is 4. The highest BCUT2D eigenvalue weighted by atomic mass is 16.3. The number of amides is 1. The third-order valence-electron chi connectivity index (χ3n) is 4.53. The Bertz CT molecular complexity index is 268. The largest absolute Gasteiger partial charge is 0.393 e. The van der Waals surface area contributed by atoms with E-state index in [-0.39, 0.29) is 28.8 Å². The fraction of sp³-hybridized carbons (Fsp3) is 0.923. The summed E-state index contributed by atoms with van der Waals surface area (Å²) in [6.07, 6.45) is 0.311. The number of nitrogens with zero attached hydrogens (tertiary/aromatic N) is 1. The van der Waals surface area contributed by atoms with Gasteiger partial charge in [-0.25, -0.2) is 0 Å². The molecule has 1 fully saturated rings. The SMILES string of the molecule is CC(O)CCN(C)C(=O)C1C(C)(C)C1(C)C. The van der Waals surface area contributed by atoms with Crippen molar-refractivity contribution in [2.45, 2.75) is 47.1 Å². The molecule has 3 nitrogen and oxygen atoms in total. The van der Waals surface area contributed by atoms with E-state index in [9.17, 15) is 9.90 Å². The van der Waals surface area contributed by atoms with Crippen LogP contribution in [0.25, 0.3) is 0 Å². The molecule has 1 aliphatic carbocycles. The van der Waals surface area contributed by atoms with Crippen LogP contribution in [0.5, 0.6) is 0 Å². The zero-order valence-electron chi connectivity index (χ0n) is 11.4. The number of aliphatic hydroxyl groups is 1. The Morgan fingerprint density at radius 3 is 2.06 bits per heavy atom. The standard InChI is InChI=1S/C13H25NO2/c1-9(15)7-8-14(6)11(16)10-12(2,3)13(10,4)5/h9-10,15H,7-8H2,1-6H3. The van der Waals surface area contributed by atoms with Crippen molar-refractivity contribution < 1.29 is 9.90 Å². The van der Waals surface area contributed by atoms with Gasteiger partial charge in [0.05, 0.1) is 6.10 Å². The smallest absolute Gasteiger partial charge is 0.226 e. The predicted molar refractivity (Wildman–Crippen MR) is 65.0 cm³/mol. The van der Waals surface area contributed by atoms with Gasteiger partial charge in [0.15, 0.2) is 0 Å². The van der Waals surface area contributed by atoms with Crippen molar-refractivity contribution in [1.82, 2.24) is 4.90 Å². The maximum absolute atomic E-state index is 12.2. The van der Waals surface area contributed by atoms with Crippen LogP contribution in [0.2, 0.25) is 0 Å². The molecule has 1 amide bonds. The Morgan fingerprint density at radius 2 is 1.75 bits per heavy atom. The van der Waals surface area contributed by atoms with Crippen molar-refractivity contribution in [2.75, 3.05) is 13.6 Å². The van der Waals surface area contributed by atoms with Gasteiger partial charge in [-0.3, -0.25) is 4.79 Å². The molecular weight excluding hydrogens is 202 g/mol. The molecule has 1 N–H and O–H groups in total. The molecule has 0 aliphatic heterocycles. The van der Waals surface area contributed by atoms with E-state index in [0.717, 1.165) is 0 Å². The van der Waals surface area contributed by atoms with Crippen LogP contribution in [-0.4, -0.2) is 35.6 Å². The molecule has 1 aliphatic rings. The molecular formula is C13H25NO2. The summed E-state index contributed by atoms with van der Waals surface area (Å²) >= 11 is 0. The van der Waals surface area contributed by atoms with Gasteiger partial charge in [-0.05, 0) is 24.2 Å². The average molecular weight is 227 g/mol. The lowest BCUT2D eigenvalue weighted by molar-refractivity contribution is -0.132. The molecule has 0 spiro atoms. The maximum atomic E-state index is 12.2. The summed E-state index contributed by atoms with van der Waals surface area (Å²) in [5.74, 6) is 0.342. The van der Waals surface area contributed by atoms with Gasteiger partial charge in [-0.2, -0.15) is 0 Å². The van der Waals surface area contributed by atoms with Crippen molar-refractivity contribution in [3.63, 3.8) is 0 Å². The first kappa shape index (κ1) is 13.5. The molecule has 0 saturated heterocycles. The maximum Gasteiger partial charge on any atom is 0.226 e. The van der Waals surface area contributed by atoms with E-state index in [0.29, 0.717) is 13.0 Å². The summed E-state index contributed by atoms with van der Waals surface area (Å²) in [6.45, 7) is 11.0. The van der Waals surface area contributed by atoms with E-state index in [1.165, 1.54) is 0 Å². The Hall–Kier alpha value is -0.570. The number of hydrogen-bond acceptors (Lipinski definition) is 2. The molecule has 0 heterocycles. The van der Waals surface area contributed by atoms with Crippen LogP contribution in [0.1, 0.15) is 41.0 Å². The molecule has 1 rings (SSSR count). The molecule has 1 atom stereocenters. The van der Waals surface area contributed by atoms with Crippen molar-refractivity contribution >= 4 is 5.91 Å². The van der Waals surface area contributed by atoms with E-state index < -0.39 is 0 Å². The van der Waals surface area contributed by atoms with Crippen LogP contribution >= 0.6 is 0 Å². The van der Waals surface area contributed by atoms with Gasteiger partial charge in [0.1, 0.15) is 0 Å². The highest BCUT2D eigenvalue weighted by molar-refractivity contribution is 5.84. The average Bonchev–Trinajstić information content (AvgIpc) is 2.52. The Balaban J connectivity index is 2.54. The van der Waals surface area contributed by atoms with E-state index in [1.54, 1.807) is 11.8 Å². The van der Waals surface area contributed by atoms with Crippen LogP contribution in [0.3, 0.4) is 0 Å². The summed E-state index contributed by atoms with van der Waals surface area (Å²) in [5, 5.41) is 9.20. The molecule has 16 heavy (non-hydrogen) atoms. The van der Waals surface area contributed by atoms with Crippen LogP contribution in [0.15, 0.2) is 0 Å². The van der Waals surface area contributed by atoms with E-state index in [1.807, 2.05) is 7.05 Å². The molecule has 0 aromatic heterocycles. The molecule has 0 radical (unpaired) electrons. The summed E-state index contributed by atoms with van der Waals surface area (Å²) in [7, 11) is 1.83. The summed E-state index contributed by atoms with van der Waals surface area (Å²) < 4.78 is 0. The Morgan fingerprint density at radius 1 is 1.31 bits per heavy atom. The van der Waals surface area contributed by atoms with Gasteiger partial charge >= 0.3 is 0 Å². The van der Waals surface area contributed by atoms with Crippen molar-refractivity contribution in [3.8, 4) is 0 Å². The number of carbonyl (C=O) groups is 1. The second kappa shape index (κ2) is 4.02. The normalized spacial score (nSPS) is 23.9. The topological polar surface area (TPSA) is 40.5 Å². The fourth-order valence-electron chi connectivity index (χ4n) is 2.52. The van der Waals surface area contributed by atoms with Gasteiger partial charge in [0, 0.05) is 19.5 Å². The summed E-state index contributed by atoms with van der Waals surface area (Å²) in [5.41, 5.74) is 0.201. The minimum absolute atomic E-state index is 0.100. The number of aliphatic hydroxyl groups excluding tert-OH is 1. The fourth-order valence-corrected chi connectivity index (χ4v) is 2.52. The van der Waals surface area contributed by atoms with Gasteiger partial charge < -0.3 is 10.0 Å². The summed E-state index contributed by atoms with van der Waals surface area (Å²) in [4.78, 5) is 14.0. The minimum atomic E-state index is -0.338. The van der Waals surface area contributed by atoms with Crippen molar-refractivity contribution in [1.29, 1.82) is 0 Å². The second-order valence-corrected chi connectivity index (χ2v) is 6.27. The number of carbonyl (C=O) groups excluding carboxylic acids is 1. The highest BCUT2D eigenvalue weighted by Crippen LogP contribution is 2.68. The molecule has 0 aromatic carbocycles. The first-order valence-electron chi connectivity index (χ1n) is 6.05. The van der Waals surface area contributed by atoms with Crippen LogP contribution < -0.4 is 0 Å². The molecule has 94 valence electrons. The predicted octanol–water partition coefficient (Wildman–Crippen LogP) is 1.90. The van der Waals surface area contributed by atoms with Crippen molar-refractivity contribution in [3.05, 3.63) is 0 Å². The third-order valence-corrected chi connectivity index (χ3v) is 4.53. The minimum Gasteiger partial charge on any atom is -0.393 e. The second-order valence-electron chi connectivity index (χ2n) is 6.27. The zero-order chi connectivity index (χ0) is 12.7. The van der Waals surface area contributed by atoms with Crippen molar-refractivity contribution in [2.24, 2.45) is 16.7 Å². The van der Waals surface area contributed by atoms with E-state index >= 15 is 0 Å². The van der Waals surface area contributed by atoms with E-state index in [4.69, 9.17) is 0 Å². The Kier molecular flexibility index (Phi) is 3.39. The van der Waals surface area contributed by atoms with Crippen LogP contribution in [-0.2, 0) is 4.79 Å². The van der Waals surface area contributed by atoms with Crippen LogP contribution in [0, 0.1) is 16.7 Å². The molecule has 1 unspecified atom stereocenters. The Labute approximate surface area is 98.8 Å². The van der Waals surface area contributed by atoms with Crippen LogP contribution in [0.4, 0.5) is 0 Å². The summed E-state index contributed by atoms with van der Waals surface area (Å²) in [6, 6.07) is 0. The molecule has 0 bridgehead atoms. The monoisotopic (exact) mass is 227 g/mol. The molecule has 0 aromatic rings. The quantitative estimate of drug-likeness (QED) is 0.797. The van der Waals surface area contributed by atoms with Gasteiger partial charge in [-0.15, -0.1) is 0 Å². The van der Waals surface area contributed by atoms with E-state index in [2.05, 4.69) is 27.7 Å². The molecule has 3 heteroatoms. The third kappa shape index (κ3) is 2.10. The molecule has 1 saturated carbocycles. The highest BCUT2D eigenvalue weighted by Gasteiger charge is 2.68. The van der Waals surface area contributed by atoms with Gasteiger partial charge in [-0.1, -0.05) is 27.7 Å². The first-order valence-corrected chi connectivity index (χ1v) is 6.05. The first-order chi connectivity index (χ1) is 7.12. The lowest BCUT2D eigenvalue weighted by atomic mass is 10.0.